The fraction of sp³-hybridized carbons (Fsp3) is 0.462. The van der Waals surface area contributed by atoms with Crippen LogP contribution in [-0.2, 0) is 4.79 Å². The highest BCUT2D eigenvalue weighted by Gasteiger charge is 2.23. The topological polar surface area (TPSA) is 72.7 Å². The molecule has 0 saturated heterocycles. The molecule has 0 bridgehead atoms. The van der Waals surface area contributed by atoms with Crippen LogP contribution in [0.5, 0.6) is 5.75 Å². The molecular formula is C13H18N2O4S. The number of carbonyl (C=O) groups excluding carboxylic acids is 1. The van der Waals surface area contributed by atoms with Gasteiger partial charge in [0.25, 0.3) is 0 Å². The van der Waals surface area contributed by atoms with E-state index in [1.165, 1.54) is 16.7 Å². The van der Waals surface area contributed by atoms with Gasteiger partial charge in [-0.3, -0.25) is 14.9 Å². The summed E-state index contributed by atoms with van der Waals surface area (Å²) < 4.78 is 5.02. The third-order valence-electron chi connectivity index (χ3n) is 2.76. The van der Waals surface area contributed by atoms with E-state index < -0.39 is 6.04 Å². The van der Waals surface area contributed by atoms with E-state index in [0.29, 0.717) is 11.3 Å². The minimum absolute atomic E-state index is 0.0492. The molecule has 0 aromatic heterocycles. The van der Waals surface area contributed by atoms with Crippen LogP contribution in [-0.4, -0.2) is 48.4 Å². The number of benzene rings is 1. The average Bonchev–Trinajstić information content (AvgIpc) is 2.43. The second kappa shape index (κ2) is 7.74. The van der Waals surface area contributed by atoms with Crippen molar-refractivity contribution in [2.45, 2.75) is 6.04 Å². The first-order chi connectivity index (χ1) is 9.45. The molecule has 1 unspecified atom stereocenters. The van der Waals surface area contributed by atoms with E-state index in [9.17, 15) is 14.9 Å². The maximum Gasteiger partial charge on any atom is 0.247 e. The Labute approximate surface area is 122 Å². The van der Waals surface area contributed by atoms with Crippen molar-refractivity contribution >= 4 is 17.7 Å². The number of hydrogen-bond acceptors (Lipinski definition) is 5. The average molecular weight is 298 g/mol. The van der Waals surface area contributed by atoms with Crippen LogP contribution < -0.4 is 4.74 Å². The lowest BCUT2D eigenvalue weighted by molar-refractivity contribution is -0.522. The number of thioether (sulfide) groups is 1. The van der Waals surface area contributed by atoms with Gasteiger partial charge in [0, 0.05) is 24.6 Å². The predicted octanol–water partition coefficient (Wildman–Crippen LogP) is 1.83. The summed E-state index contributed by atoms with van der Waals surface area (Å²) in [5.41, 5.74) is 0.612. The summed E-state index contributed by atoms with van der Waals surface area (Å²) in [4.78, 5) is 23.7. The Bertz CT molecular complexity index is 462. The summed E-state index contributed by atoms with van der Waals surface area (Å²) in [6, 6.07) is 5.94. The summed E-state index contributed by atoms with van der Waals surface area (Å²) in [6.45, 7) is 0. The maximum absolute atomic E-state index is 11.4. The molecule has 1 aromatic carbocycles. The van der Waals surface area contributed by atoms with E-state index >= 15 is 0 Å². The van der Waals surface area contributed by atoms with Crippen LogP contribution in [0.15, 0.2) is 24.3 Å². The third-order valence-corrected chi connectivity index (χ3v) is 3.76. The van der Waals surface area contributed by atoms with Gasteiger partial charge in [-0.2, -0.15) is 0 Å². The molecule has 0 fully saturated rings. The molecule has 0 N–H and O–H groups in total. The summed E-state index contributed by atoms with van der Waals surface area (Å²) >= 11 is 1.27. The number of rotatable bonds is 7. The number of carbonyl (C=O) groups is 1. The molecule has 1 amide bonds. The second-order valence-corrected chi connectivity index (χ2v) is 5.41. The fourth-order valence-corrected chi connectivity index (χ4v) is 2.58. The number of ether oxygens (including phenoxy) is 1. The molecule has 20 heavy (non-hydrogen) atoms. The molecule has 7 heteroatoms. The van der Waals surface area contributed by atoms with Crippen LogP contribution in [0.25, 0.3) is 0 Å². The van der Waals surface area contributed by atoms with Crippen LogP contribution in [0.1, 0.15) is 11.6 Å². The van der Waals surface area contributed by atoms with E-state index in [4.69, 9.17) is 4.74 Å². The van der Waals surface area contributed by atoms with Gasteiger partial charge in [0.1, 0.15) is 5.75 Å². The highest BCUT2D eigenvalue weighted by atomic mass is 32.2. The van der Waals surface area contributed by atoms with Crippen LogP contribution in [0.4, 0.5) is 0 Å². The summed E-state index contributed by atoms with van der Waals surface area (Å²) in [5, 5.41) is 11.1. The molecule has 110 valence electrons. The molecule has 1 atom stereocenters. The zero-order valence-corrected chi connectivity index (χ0v) is 12.6. The second-order valence-electron chi connectivity index (χ2n) is 4.38. The Morgan fingerprint density at radius 1 is 1.40 bits per heavy atom. The number of methoxy groups -OCH3 is 1. The van der Waals surface area contributed by atoms with Gasteiger partial charge < -0.3 is 9.64 Å². The molecule has 1 rings (SSSR count). The van der Waals surface area contributed by atoms with Gasteiger partial charge in [-0.1, -0.05) is 0 Å². The van der Waals surface area contributed by atoms with E-state index in [-0.39, 0.29) is 22.3 Å². The van der Waals surface area contributed by atoms with Gasteiger partial charge in [-0.25, -0.2) is 0 Å². The molecule has 0 aliphatic carbocycles. The molecule has 0 heterocycles. The van der Waals surface area contributed by atoms with Gasteiger partial charge in [0.05, 0.1) is 18.6 Å². The Morgan fingerprint density at radius 2 is 2.00 bits per heavy atom. The quantitative estimate of drug-likeness (QED) is 0.567. The molecule has 0 saturated carbocycles. The van der Waals surface area contributed by atoms with E-state index in [1.807, 2.05) is 0 Å². The van der Waals surface area contributed by atoms with Crippen molar-refractivity contribution in [2.75, 3.05) is 32.7 Å². The Morgan fingerprint density at radius 3 is 2.45 bits per heavy atom. The SMILES string of the molecule is COc1ccc(C(CSCC(=O)N(C)C)[N+](=O)[O-])cc1. The van der Waals surface area contributed by atoms with Gasteiger partial charge >= 0.3 is 0 Å². The van der Waals surface area contributed by atoms with Crippen LogP contribution in [0.2, 0.25) is 0 Å². The van der Waals surface area contributed by atoms with E-state index in [1.54, 1.807) is 45.5 Å². The van der Waals surface area contributed by atoms with Crippen molar-refractivity contribution in [1.82, 2.24) is 4.90 Å². The first kappa shape index (κ1) is 16.3. The maximum atomic E-state index is 11.4. The van der Waals surface area contributed by atoms with Crippen LogP contribution >= 0.6 is 11.8 Å². The zero-order valence-electron chi connectivity index (χ0n) is 11.7. The molecule has 0 spiro atoms. The van der Waals surface area contributed by atoms with Gasteiger partial charge in [-0.15, -0.1) is 11.8 Å². The van der Waals surface area contributed by atoms with E-state index in [2.05, 4.69) is 0 Å². The summed E-state index contributed by atoms with van der Waals surface area (Å²) in [6.07, 6.45) is 0. The summed E-state index contributed by atoms with van der Waals surface area (Å²) in [5.74, 6) is 1.12. The van der Waals surface area contributed by atoms with Crippen LogP contribution in [0, 0.1) is 10.1 Å². The summed E-state index contributed by atoms with van der Waals surface area (Å²) in [7, 11) is 4.87. The van der Waals surface area contributed by atoms with Crippen molar-refractivity contribution in [2.24, 2.45) is 0 Å². The lowest BCUT2D eigenvalue weighted by Crippen LogP contribution is -2.24. The molecule has 0 radical (unpaired) electrons. The number of nitrogens with zero attached hydrogens (tertiary/aromatic N) is 2. The Kier molecular flexibility index (Phi) is 6.30. The molecular weight excluding hydrogens is 280 g/mol. The Hall–Kier alpha value is -1.76. The number of nitro groups is 1. The highest BCUT2D eigenvalue weighted by Crippen LogP contribution is 2.23. The number of hydrogen-bond donors (Lipinski definition) is 0. The lowest BCUT2D eigenvalue weighted by atomic mass is 10.1. The molecule has 1 aromatic rings. The third kappa shape index (κ3) is 4.73. The molecule has 6 nitrogen and oxygen atoms in total. The standard InChI is InChI=1S/C13H18N2O4S/c1-14(2)13(16)9-20-8-12(15(17)18)10-4-6-11(19-3)7-5-10/h4-7,12H,8-9H2,1-3H3. The van der Waals surface area contributed by atoms with Crippen LogP contribution in [0.3, 0.4) is 0 Å². The monoisotopic (exact) mass is 298 g/mol. The van der Waals surface area contributed by atoms with Crippen molar-refractivity contribution in [1.29, 1.82) is 0 Å². The normalized spacial score (nSPS) is 11.8. The van der Waals surface area contributed by atoms with Crippen molar-refractivity contribution in [3.8, 4) is 5.75 Å². The Balaban J connectivity index is 2.64. The van der Waals surface area contributed by atoms with Gasteiger partial charge in [-0.05, 0) is 24.3 Å². The lowest BCUT2D eigenvalue weighted by Gasteiger charge is -2.12. The number of amides is 1. The predicted molar refractivity (Wildman–Crippen MR) is 78.7 cm³/mol. The molecule has 0 aliphatic heterocycles. The first-order valence-corrected chi connectivity index (χ1v) is 7.16. The zero-order chi connectivity index (χ0) is 15.1. The van der Waals surface area contributed by atoms with Crippen molar-refractivity contribution in [3.63, 3.8) is 0 Å². The smallest absolute Gasteiger partial charge is 0.247 e. The minimum Gasteiger partial charge on any atom is -0.497 e. The largest absolute Gasteiger partial charge is 0.497 e. The first-order valence-electron chi connectivity index (χ1n) is 6.01. The highest BCUT2D eigenvalue weighted by molar-refractivity contribution is 7.99. The van der Waals surface area contributed by atoms with Crippen molar-refractivity contribution in [3.05, 3.63) is 39.9 Å². The van der Waals surface area contributed by atoms with E-state index in [0.717, 1.165) is 0 Å². The fourth-order valence-electron chi connectivity index (χ4n) is 1.49. The van der Waals surface area contributed by atoms with Crippen molar-refractivity contribution < 1.29 is 14.5 Å². The van der Waals surface area contributed by atoms with Gasteiger partial charge in [0.15, 0.2) is 0 Å². The van der Waals surface area contributed by atoms with Gasteiger partial charge in [0.2, 0.25) is 11.9 Å². The molecule has 0 aliphatic rings. The minimum atomic E-state index is -0.819.